The maximum Gasteiger partial charge on any atom is 0.126 e. The summed E-state index contributed by atoms with van der Waals surface area (Å²) in [6, 6.07) is 0. The predicted octanol–water partition coefficient (Wildman–Crippen LogP) is 7.10. The lowest BCUT2D eigenvalue weighted by atomic mass is 10.2. The summed E-state index contributed by atoms with van der Waals surface area (Å²) in [6.07, 6.45) is 26.9. The van der Waals surface area contributed by atoms with Gasteiger partial charge in [0.25, 0.3) is 0 Å². The topological polar surface area (TPSA) is 18.5 Å². The average molecular weight is 424 g/mol. The zero-order valence-electron chi connectivity index (χ0n) is 16.6. The van der Waals surface area contributed by atoms with Crippen molar-refractivity contribution in [1.29, 1.82) is 0 Å². The Labute approximate surface area is 173 Å². The molecule has 2 nitrogen and oxygen atoms in total. The number of rotatable bonds is 14. The molecule has 0 aromatic heterocycles. The summed E-state index contributed by atoms with van der Waals surface area (Å²) in [4.78, 5) is 0. The van der Waals surface area contributed by atoms with Gasteiger partial charge in [-0.25, -0.2) is 0 Å². The van der Waals surface area contributed by atoms with Gasteiger partial charge in [-0.15, -0.1) is 0 Å². The fourth-order valence-corrected chi connectivity index (χ4v) is 3.02. The molecular formula is C22H35O2P3. The van der Waals surface area contributed by atoms with Gasteiger partial charge < -0.3 is 9.05 Å². The third-order valence-corrected chi connectivity index (χ3v) is 4.61. The second-order valence-corrected chi connectivity index (χ2v) is 7.20. The maximum absolute atomic E-state index is 5.62. The van der Waals surface area contributed by atoms with Gasteiger partial charge in [-0.1, -0.05) is 95.7 Å². The van der Waals surface area contributed by atoms with Crippen LogP contribution in [-0.2, 0) is 9.05 Å². The van der Waals surface area contributed by atoms with Crippen LogP contribution in [0.2, 0.25) is 0 Å². The van der Waals surface area contributed by atoms with Gasteiger partial charge in [0, 0.05) is 24.4 Å². The van der Waals surface area contributed by atoms with Crippen LogP contribution in [0.1, 0.15) is 52.4 Å². The first kappa shape index (κ1) is 26.5. The molecule has 5 unspecified atom stereocenters. The van der Waals surface area contributed by atoms with Crippen LogP contribution in [0.15, 0.2) is 60.8 Å². The minimum absolute atomic E-state index is 0.0445. The van der Waals surface area contributed by atoms with Gasteiger partial charge in [-0.05, 0) is 31.8 Å². The van der Waals surface area contributed by atoms with E-state index in [4.69, 9.17) is 9.05 Å². The zero-order chi connectivity index (χ0) is 20.0. The smallest absolute Gasteiger partial charge is 0.126 e. The Kier molecular flexibility index (Phi) is 21.3. The minimum Gasteiger partial charge on any atom is -0.358 e. The summed E-state index contributed by atoms with van der Waals surface area (Å²) < 4.78 is 11.0. The maximum atomic E-state index is 5.62. The molecule has 0 radical (unpaired) electrons. The van der Waals surface area contributed by atoms with Gasteiger partial charge in [0.2, 0.25) is 0 Å². The van der Waals surface area contributed by atoms with Gasteiger partial charge in [0.1, 0.15) is 6.10 Å². The highest BCUT2D eigenvalue weighted by Gasteiger charge is 2.00. The monoisotopic (exact) mass is 424 g/mol. The first-order chi connectivity index (χ1) is 13.3. The van der Waals surface area contributed by atoms with E-state index in [1.165, 1.54) is 6.42 Å². The van der Waals surface area contributed by atoms with E-state index in [2.05, 4.69) is 80.5 Å². The fraction of sp³-hybridized carbons (Fsp3) is 0.455. The van der Waals surface area contributed by atoms with Crippen molar-refractivity contribution in [2.75, 3.05) is 0 Å². The van der Waals surface area contributed by atoms with Gasteiger partial charge in [-0.2, -0.15) is 0 Å². The summed E-state index contributed by atoms with van der Waals surface area (Å²) in [5.41, 5.74) is 0. The molecule has 0 rings (SSSR count). The molecule has 0 heterocycles. The van der Waals surface area contributed by atoms with E-state index in [1.807, 2.05) is 24.3 Å². The quantitative estimate of drug-likeness (QED) is 0.128. The van der Waals surface area contributed by atoms with E-state index < -0.39 is 0 Å². The highest BCUT2D eigenvalue weighted by molar-refractivity contribution is 8.00. The van der Waals surface area contributed by atoms with Crippen LogP contribution in [0, 0.1) is 11.8 Å². The molecule has 0 saturated carbocycles. The third-order valence-electron chi connectivity index (χ3n) is 3.43. The highest BCUT2D eigenvalue weighted by atomic mass is 32.0. The van der Waals surface area contributed by atoms with Gasteiger partial charge in [0.15, 0.2) is 0 Å². The molecule has 27 heavy (non-hydrogen) atoms. The Bertz CT molecular complexity index is 539. The molecule has 0 aromatic rings. The van der Waals surface area contributed by atoms with E-state index in [9.17, 15) is 0 Å². The fourth-order valence-electron chi connectivity index (χ4n) is 2.00. The lowest BCUT2D eigenvalue weighted by Gasteiger charge is -2.06. The summed E-state index contributed by atoms with van der Waals surface area (Å²) in [5.74, 6) is 6.19. The summed E-state index contributed by atoms with van der Waals surface area (Å²) in [7, 11) is 5.31. The van der Waals surface area contributed by atoms with Gasteiger partial charge >= 0.3 is 0 Å². The van der Waals surface area contributed by atoms with Crippen LogP contribution in [0.5, 0.6) is 0 Å². The van der Waals surface area contributed by atoms with Crippen LogP contribution in [0.3, 0.4) is 0 Å². The molecule has 0 saturated heterocycles. The van der Waals surface area contributed by atoms with Crippen LogP contribution < -0.4 is 0 Å². The molecule has 150 valence electrons. The second-order valence-electron chi connectivity index (χ2n) is 5.75. The molecule has 5 atom stereocenters. The average Bonchev–Trinajstić information content (AvgIpc) is 2.68. The third kappa shape index (κ3) is 18.6. The standard InChI is InChI=1S/C22H35O2P3/c1-3-5-7-8-9-10-14-17-21(23-25)18-15-11-12-16-20-22(24-27-26)19-13-6-4-2/h6-8,10-15,18,21-22,27H,3-5,9,17,19,25-26H2,1-2H3/b8-7-,12-11?,13-6-,14-10-,18-15?. The van der Waals surface area contributed by atoms with Crippen molar-refractivity contribution in [3.8, 4) is 11.8 Å². The lowest BCUT2D eigenvalue weighted by Crippen LogP contribution is -2.02. The second kappa shape index (κ2) is 21.8. The van der Waals surface area contributed by atoms with Crippen LogP contribution in [0.25, 0.3) is 0 Å². The van der Waals surface area contributed by atoms with Crippen molar-refractivity contribution in [3.05, 3.63) is 60.8 Å². The predicted molar refractivity (Wildman–Crippen MR) is 130 cm³/mol. The molecule has 0 aromatic carbocycles. The van der Waals surface area contributed by atoms with Crippen molar-refractivity contribution < 1.29 is 9.05 Å². The summed E-state index contributed by atoms with van der Waals surface area (Å²) in [5, 5.41) is 0. The molecule has 0 amide bonds. The molecule has 0 aliphatic carbocycles. The van der Waals surface area contributed by atoms with Crippen molar-refractivity contribution in [3.63, 3.8) is 0 Å². The number of unbranched alkanes of at least 4 members (excludes halogenated alkanes) is 1. The summed E-state index contributed by atoms with van der Waals surface area (Å²) in [6.45, 7) is 4.31. The van der Waals surface area contributed by atoms with Crippen molar-refractivity contribution in [2.45, 2.75) is 64.6 Å². The molecule has 0 aliphatic heterocycles. The van der Waals surface area contributed by atoms with Crippen LogP contribution >= 0.6 is 26.9 Å². The Morgan fingerprint density at radius 2 is 1.78 bits per heavy atom. The molecule has 0 N–H and O–H groups in total. The first-order valence-corrected chi connectivity index (χ1v) is 12.7. The molecule has 0 spiro atoms. The Morgan fingerprint density at radius 1 is 1.00 bits per heavy atom. The van der Waals surface area contributed by atoms with E-state index >= 15 is 0 Å². The lowest BCUT2D eigenvalue weighted by molar-refractivity contribution is 0.298. The normalized spacial score (nSPS) is 15.1. The summed E-state index contributed by atoms with van der Waals surface area (Å²) >= 11 is 0. The van der Waals surface area contributed by atoms with Gasteiger partial charge in [-0.3, -0.25) is 0 Å². The van der Waals surface area contributed by atoms with Crippen molar-refractivity contribution in [2.24, 2.45) is 0 Å². The van der Waals surface area contributed by atoms with E-state index in [0.29, 0.717) is 8.50 Å². The SMILES string of the molecule is CC/C=C\CC(C#CC=CC=CC(C/C=C\C/C=C\CCC)OP)OPP. The van der Waals surface area contributed by atoms with Crippen LogP contribution in [-0.4, -0.2) is 12.2 Å². The Morgan fingerprint density at radius 3 is 2.48 bits per heavy atom. The molecule has 0 fully saturated rings. The van der Waals surface area contributed by atoms with Crippen LogP contribution in [0.4, 0.5) is 0 Å². The van der Waals surface area contributed by atoms with Crippen molar-refractivity contribution >= 4 is 26.9 Å². The van der Waals surface area contributed by atoms with Gasteiger partial charge in [0.05, 0.1) is 6.10 Å². The van der Waals surface area contributed by atoms with E-state index in [-0.39, 0.29) is 12.2 Å². The Hall–Kier alpha value is -0.530. The molecule has 5 heteroatoms. The zero-order valence-corrected chi connectivity index (χ0v) is 20.0. The number of hydrogen-bond acceptors (Lipinski definition) is 2. The minimum atomic E-state index is -0.0445. The van der Waals surface area contributed by atoms with E-state index in [0.717, 1.165) is 32.1 Å². The number of hydrogen-bond donors (Lipinski definition) is 0. The molecule has 0 aliphatic rings. The number of allylic oxidation sites excluding steroid dienone is 7. The first-order valence-electron chi connectivity index (χ1n) is 9.54. The molecular weight excluding hydrogens is 389 g/mol. The van der Waals surface area contributed by atoms with Crippen molar-refractivity contribution in [1.82, 2.24) is 0 Å². The largest absolute Gasteiger partial charge is 0.358 e. The highest BCUT2D eigenvalue weighted by Crippen LogP contribution is 2.24. The molecule has 0 bridgehead atoms. The van der Waals surface area contributed by atoms with E-state index in [1.54, 1.807) is 0 Å². The Balaban J connectivity index is 4.30.